The summed E-state index contributed by atoms with van der Waals surface area (Å²) < 4.78 is 0. The van der Waals surface area contributed by atoms with E-state index in [4.69, 9.17) is 10.7 Å². The second-order valence-electron chi connectivity index (χ2n) is 5.86. The number of fused-ring (bicyclic) bond motifs is 2. The van der Waals surface area contributed by atoms with Gasteiger partial charge in [-0.2, -0.15) is 0 Å². The molecule has 4 nitrogen and oxygen atoms in total. The molecule has 0 amide bonds. The molecular formula is C20H14N4S. The molecule has 0 saturated carbocycles. The molecule has 0 aliphatic heterocycles. The van der Waals surface area contributed by atoms with Crippen LogP contribution < -0.4 is 5.73 Å². The molecule has 120 valence electrons. The highest BCUT2D eigenvalue weighted by Gasteiger charge is 2.16. The van der Waals surface area contributed by atoms with E-state index in [1.807, 2.05) is 54.6 Å². The summed E-state index contributed by atoms with van der Waals surface area (Å²) in [6.45, 7) is 0. The molecule has 5 heteroatoms. The van der Waals surface area contributed by atoms with Crippen molar-refractivity contribution < 1.29 is 0 Å². The van der Waals surface area contributed by atoms with Crippen molar-refractivity contribution >= 4 is 38.3 Å². The molecule has 0 spiro atoms. The summed E-state index contributed by atoms with van der Waals surface area (Å²) in [7, 11) is 0. The van der Waals surface area contributed by atoms with Crippen LogP contribution in [0.5, 0.6) is 0 Å². The van der Waals surface area contributed by atoms with E-state index in [1.165, 1.54) is 0 Å². The fourth-order valence-corrected chi connectivity index (χ4v) is 4.04. The van der Waals surface area contributed by atoms with E-state index in [0.29, 0.717) is 0 Å². The number of pyridine rings is 1. The number of aromatic nitrogens is 3. The van der Waals surface area contributed by atoms with E-state index in [9.17, 15) is 0 Å². The largest absolute Gasteiger partial charge is 0.397 e. The van der Waals surface area contributed by atoms with Gasteiger partial charge in [0, 0.05) is 10.9 Å². The summed E-state index contributed by atoms with van der Waals surface area (Å²) >= 11 is 1.57. The number of nitrogens with zero attached hydrogens (tertiary/aromatic N) is 2. The lowest BCUT2D eigenvalue weighted by atomic mass is 10.1. The van der Waals surface area contributed by atoms with Gasteiger partial charge in [0.15, 0.2) is 5.82 Å². The monoisotopic (exact) mass is 342 g/mol. The number of hydrogen-bond acceptors (Lipinski definition) is 4. The second-order valence-corrected chi connectivity index (χ2v) is 6.86. The van der Waals surface area contributed by atoms with Crippen LogP contribution in [0.2, 0.25) is 0 Å². The third-order valence-corrected chi connectivity index (χ3v) is 5.39. The number of thiophene rings is 1. The molecule has 5 rings (SSSR count). The third-order valence-electron chi connectivity index (χ3n) is 4.27. The maximum absolute atomic E-state index is 6.39. The van der Waals surface area contributed by atoms with Gasteiger partial charge in [0.1, 0.15) is 4.83 Å². The molecule has 0 aliphatic rings. The number of para-hydroxylation sites is 2. The van der Waals surface area contributed by atoms with Crippen molar-refractivity contribution in [2.45, 2.75) is 0 Å². The molecule has 3 N–H and O–H groups in total. The lowest BCUT2D eigenvalue weighted by Crippen LogP contribution is -1.87. The first-order valence-corrected chi connectivity index (χ1v) is 8.81. The standard InChI is InChI=1S/C20H14N4S/c21-17-13-10-11-14(12-6-2-1-3-7-12)24-20(13)25-18(17)19-22-15-8-4-5-9-16(15)23-19/h1-11H,21H2,(H,22,23). The Balaban J connectivity index is 1.68. The molecule has 3 aromatic heterocycles. The third kappa shape index (κ3) is 2.28. The number of nitrogens with one attached hydrogen (secondary N) is 1. The molecule has 2 aromatic carbocycles. The Labute approximate surface area is 148 Å². The minimum atomic E-state index is 0.728. The highest BCUT2D eigenvalue weighted by Crippen LogP contribution is 2.40. The summed E-state index contributed by atoms with van der Waals surface area (Å²) in [5.41, 5.74) is 11.1. The number of rotatable bonds is 2. The molecule has 0 saturated heterocycles. The van der Waals surface area contributed by atoms with Crippen LogP contribution >= 0.6 is 11.3 Å². The van der Waals surface area contributed by atoms with Gasteiger partial charge in [-0.05, 0) is 24.3 Å². The SMILES string of the molecule is Nc1c(-c2nc3ccccc3[nH]2)sc2nc(-c3ccccc3)ccc12. The Morgan fingerprint density at radius 3 is 2.48 bits per heavy atom. The fourth-order valence-electron chi connectivity index (χ4n) is 3.00. The van der Waals surface area contributed by atoms with Gasteiger partial charge in [0.25, 0.3) is 0 Å². The van der Waals surface area contributed by atoms with Crippen molar-refractivity contribution in [1.29, 1.82) is 0 Å². The van der Waals surface area contributed by atoms with Crippen LogP contribution in [0.3, 0.4) is 0 Å². The lowest BCUT2D eigenvalue weighted by molar-refractivity contribution is 1.36. The van der Waals surface area contributed by atoms with Crippen LogP contribution in [0.4, 0.5) is 5.69 Å². The summed E-state index contributed by atoms with van der Waals surface area (Å²) in [5, 5.41) is 0.972. The molecule has 0 atom stereocenters. The molecule has 0 unspecified atom stereocenters. The molecule has 0 bridgehead atoms. The number of anilines is 1. The quantitative estimate of drug-likeness (QED) is 0.469. The van der Waals surface area contributed by atoms with E-state index in [2.05, 4.69) is 22.1 Å². The van der Waals surface area contributed by atoms with Crippen molar-refractivity contribution in [1.82, 2.24) is 15.0 Å². The van der Waals surface area contributed by atoms with E-state index in [0.717, 1.165) is 48.9 Å². The van der Waals surface area contributed by atoms with E-state index < -0.39 is 0 Å². The Bertz CT molecular complexity index is 1170. The molecule has 25 heavy (non-hydrogen) atoms. The number of aromatic amines is 1. The van der Waals surface area contributed by atoms with Gasteiger partial charge in [0.05, 0.1) is 27.3 Å². The Morgan fingerprint density at radius 1 is 0.840 bits per heavy atom. The van der Waals surface area contributed by atoms with Gasteiger partial charge < -0.3 is 10.7 Å². The van der Waals surface area contributed by atoms with E-state index in [1.54, 1.807) is 11.3 Å². The van der Waals surface area contributed by atoms with Crippen LogP contribution in [0, 0.1) is 0 Å². The summed E-state index contributed by atoms with van der Waals surface area (Å²) in [5.74, 6) is 0.794. The number of nitrogens with two attached hydrogens (primary N) is 1. The van der Waals surface area contributed by atoms with Crippen molar-refractivity contribution in [2.24, 2.45) is 0 Å². The molecule has 0 aliphatic carbocycles. The first-order valence-electron chi connectivity index (χ1n) is 7.99. The zero-order chi connectivity index (χ0) is 16.8. The van der Waals surface area contributed by atoms with Gasteiger partial charge in [0.2, 0.25) is 0 Å². The highest BCUT2D eigenvalue weighted by molar-refractivity contribution is 7.22. The normalized spacial score (nSPS) is 11.4. The number of benzene rings is 2. The molecule has 3 heterocycles. The van der Waals surface area contributed by atoms with Crippen LogP contribution in [-0.2, 0) is 0 Å². The Hall–Kier alpha value is -3.18. The second kappa shape index (κ2) is 5.43. The smallest absolute Gasteiger partial charge is 0.150 e. The first-order chi connectivity index (χ1) is 12.3. The van der Waals surface area contributed by atoms with Crippen LogP contribution in [0.25, 0.3) is 43.2 Å². The van der Waals surface area contributed by atoms with E-state index >= 15 is 0 Å². The summed E-state index contributed by atoms with van der Waals surface area (Å²) in [6, 6.07) is 22.2. The number of imidazole rings is 1. The van der Waals surface area contributed by atoms with Crippen LogP contribution in [0.15, 0.2) is 66.7 Å². The molecule has 5 aromatic rings. The number of nitrogen functional groups attached to an aromatic ring is 1. The first kappa shape index (κ1) is 14.2. The molecule has 0 radical (unpaired) electrons. The van der Waals surface area contributed by atoms with E-state index in [-0.39, 0.29) is 0 Å². The van der Waals surface area contributed by atoms with Crippen molar-refractivity contribution in [3.05, 3.63) is 66.7 Å². The maximum atomic E-state index is 6.39. The minimum Gasteiger partial charge on any atom is -0.397 e. The highest BCUT2D eigenvalue weighted by atomic mass is 32.1. The van der Waals surface area contributed by atoms with Gasteiger partial charge in [-0.25, -0.2) is 9.97 Å². The zero-order valence-electron chi connectivity index (χ0n) is 13.2. The van der Waals surface area contributed by atoms with Gasteiger partial charge >= 0.3 is 0 Å². The fraction of sp³-hybridized carbons (Fsp3) is 0. The van der Waals surface area contributed by atoms with Gasteiger partial charge in [-0.15, -0.1) is 11.3 Å². The topological polar surface area (TPSA) is 67.6 Å². The zero-order valence-corrected chi connectivity index (χ0v) is 14.0. The summed E-state index contributed by atoms with van der Waals surface area (Å²) in [6.07, 6.45) is 0. The average Bonchev–Trinajstić information content (AvgIpc) is 3.23. The maximum Gasteiger partial charge on any atom is 0.150 e. The van der Waals surface area contributed by atoms with Crippen molar-refractivity contribution in [3.63, 3.8) is 0 Å². The van der Waals surface area contributed by atoms with Gasteiger partial charge in [-0.1, -0.05) is 42.5 Å². The minimum absolute atomic E-state index is 0.728. The predicted octanol–water partition coefficient (Wildman–Crippen LogP) is 5.09. The van der Waals surface area contributed by atoms with Crippen molar-refractivity contribution in [3.8, 4) is 22.0 Å². The number of hydrogen-bond donors (Lipinski definition) is 2. The average molecular weight is 342 g/mol. The predicted molar refractivity (Wildman–Crippen MR) is 105 cm³/mol. The van der Waals surface area contributed by atoms with Crippen molar-refractivity contribution in [2.75, 3.05) is 5.73 Å². The molecular weight excluding hydrogens is 328 g/mol. The molecule has 0 fully saturated rings. The van der Waals surface area contributed by atoms with Crippen LogP contribution in [-0.4, -0.2) is 15.0 Å². The van der Waals surface area contributed by atoms with Crippen LogP contribution in [0.1, 0.15) is 0 Å². The lowest BCUT2D eigenvalue weighted by Gasteiger charge is -2.00. The number of H-pyrrole nitrogens is 1. The van der Waals surface area contributed by atoms with Gasteiger partial charge in [-0.3, -0.25) is 0 Å². The summed E-state index contributed by atoms with van der Waals surface area (Å²) in [4.78, 5) is 14.7. The Morgan fingerprint density at radius 2 is 1.64 bits per heavy atom. The Kier molecular flexibility index (Phi) is 3.08.